The lowest BCUT2D eigenvalue weighted by Crippen LogP contribution is -1.81. The molecule has 0 aliphatic carbocycles. The van der Waals surface area contributed by atoms with Crippen molar-refractivity contribution in [2.45, 2.75) is 0 Å². The zero-order chi connectivity index (χ0) is 13.4. The Morgan fingerprint density at radius 1 is 0.550 bits per heavy atom. The van der Waals surface area contributed by atoms with Crippen molar-refractivity contribution >= 4 is 21.5 Å². The number of pyridine rings is 1. The largest absolute Gasteiger partial charge is 0.264 e. The molecule has 0 amide bonds. The van der Waals surface area contributed by atoms with Gasteiger partial charge in [0, 0.05) is 17.8 Å². The van der Waals surface area contributed by atoms with Crippen molar-refractivity contribution in [1.29, 1.82) is 0 Å². The van der Waals surface area contributed by atoms with E-state index in [1.54, 1.807) is 0 Å². The third-order valence-corrected chi connectivity index (χ3v) is 3.72. The number of hydrogen-bond donors (Lipinski definition) is 0. The third kappa shape index (κ3) is 1.84. The van der Waals surface area contributed by atoms with Gasteiger partial charge in [-0.1, -0.05) is 48.5 Å². The van der Waals surface area contributed by atoms with E-state index < -0.39 is 0 Å². The van der Waals surface area contributed by atoms with Crippen LogP contribution in [0.15, 0.2) is 79.1 Å². The van der Waals surface area contributed by atoms with Crippen LogP contribution in [0, 0.1) is 0 Å². The zero-order valence-corrected chi connectivity index (χ0v) is 11.0. The van der Waals surface area contributed by atoms with Gasteiger partial charge in [0.15, 0.2) is 0 Å². The summed E-state index contributed by atoms with van der Waals surface area (Å²) in [5.41, 5.74) is 2.48. The minimum absolute atomic E-state index is 1.18. The minimum atomic E-state index is 1.18. The molecule has 0 aliphatic heterocycles. The maximum atomic E-state index is 4.20. The molecule has 0 aliphatic rings. The lowest BCUT2D eigenvalue weighted by Gasteiger charge is -2.06. The molecule has 0 unspecified atom stereocenters. The maximum Gasteiger partial charge on any atom is 0.0346 e. The summed E-state index contributed by atoms with van der Waals surface area (Å²) in [6, 6.07) is 23.6. The van der Waals surface area contributed by atoms with Gasteiger partial charge in [-0.25, -0.2) is 0 Å². The molecular formula is C19H13N. The molecule has 0 N–H and O–H groups in total. The van der Waals surface area contributed by atoms with E-state index in [9.17, 15) is 0 Å². The van der Waals surface area contributed by atoms with Gasteiger partial charge in [-0.15, -0.1) is 0 Å². The number of nitrogens with zero attached hydrogens (tertiary/aromatic N) is 1. The summed E-state index contributed by atoms with van der Waals surface area (Å²) in [5, 5.41) is 4.96. The molecule has 0 atom stereocenters. The summed E-state index contributed by atoms with van der Waals surface area (Å²) in [7, 11) is 0. The molecule has 1 heteroatoms. The summed E-state index contributed by atoms with van der Waals surface area (Å²) in [4.78, 5) is 4.20. The van der Waals surface area contributed by atoms with Crippen LogP contribution in [0.1, 0.15) is 0 Å². The molecule has 0 spiro atoms. The number of fused-ring (bicyclic) bond motifs is 2. The lowest BCUT2D eigenvalue weighted by atomic mass is 9.99. The predicted molar refractivity (Wildman–Crippen MR) is 84.7 cm³/mol. The van der Waals surface area contributed by atoms with Gasteiger partial charge in [0.2, 0.25) is 0 Å². The molecule has 1 aromatic heterocycles. The van der Waals surface area contributed by atoms with Crippen LogP contribution in [0.25, 0.3) is 32.7 Å². The molecule has 1 nitrogen and oxygen atoms in total. The molecule has 0 radical (unpaired) electrons. The smallest absolute Gasteiger partial charge is 0.0346 e. The fraction of sp³-hybridized carbons (Fsp3) is 0. The topological polar surface area (TPSA) is 12.9 Å². The summed E-state index contributed by atoms with van der Waals surface area (Å²) in [6.07, 6.45) is 3.75. The van der Waals surface area contributed by atoms with Gasteiger partial charge in [-0.3, -0.25) is 4.98 Å². The van der Waals surface area contributed by atoms with Crippen LogP contribution in [0.5, 0.6) is 0 Å². The number of rotatable bonds is 1. The van der Waals surface area contributed by atoms with Gasteiger partial charge in [0.05, 0.1) is 0 Å². The predicted octanol–water partition coefficient (Wildman–Crippen LogP) is 5.06. The maximum absolute atomic E-state index is 4.20. The number of aromatic nitrogens is 1. The molecule has 0 fully saturated rings. The van der Waals surface area contributed by atoms with Gasteiger partial charge in [0.1, 0.15) is 0 Å². The summed E-state index contributed by atoms with van der Waals surface area (Å²) in [6.45, 7) is 0. The monoisotopic (exact) mass is 255 g/mol. The first-order valence-electron chi connectivity index (χ1n) is 6.73. The van der Waals surface area contributed by atoms with Crippen molar-refractivity contribution in [3.05, 3.63) is 79.1 Å². The zero-order valence-electron chi connectivity index (χ0n) is 11.0. The fourth-order valence-electron chi connectivity index (χ4n) is 2.63. The van der Waals surface area contributed by atoms with Crippen LogP contribution in [0.3, 0.4) is 0 Å². The van der Waals surface area contributed by atoms with Gasteiger partial charge in [-0.05, 0) is 45.5 Å². The minimum Gasteiger partial charge on any atom is -0.264 e. The van der Waals surface area contributed by atoms with Crippen molar-refractivity contribution < 1.29 is 0 Å². The van der Waals surface area contributed by atoms with Crippen molar-refractivity contribution in [3.8, 4) is 11.1 Å². The first-order chi connectivity index (χ1) is 9.90. The molecule has 94 valence electrons. The van der Waals surface area contributed by atoms with E-state index in [1.807, 2.05) is 18.5 Å². The molecule has 3 aromatic carbocycles. The Morgan fingerprint density at radius 2 is 1.20 bits per heavy atom. The Morgan fingerprint density at radius 3 is 2.00 bits per heavy atom. The van der Waals surface area contributed by atoms with Gasteiger partial charge in [-0.2, -0.15) is 0 Å². The SMILES string of the molecule is c1ccc2cc(-c3ccc4ccncc4c3)ccc2c1. The van der Waals surface area contributed by atoms with E-state index in [4.69, 9.17) is 0 Å². The highest BCUT2D eigenvalue weighted by atomic mass is 14.6. The van der Waals surface area contributed by atoms with Crippen molar-refractivity contribution in [2.24, 2.45) is 0 Å². The highest BCUT2D eigenvalue weighted by Crippen LogP contribution is 2.27. The normalized spacial score (nSPS) is 11.0. The Balaban J connectivity index is 1.91. The van der Waals surface area contributed by atoms with Crippen LogP contribution in [-0.2, 0) is 0 Å². The molecule has 0 saturated carbocycles. The van der Waals surface area contributed by atoms with Gasteiger partial charge < -0.3 is 0 Å². The van der Waals surface area contributed by atoms with Crippen molar-refractivity contribution in [3.63, 3.8) is 0 Å². The Bertz CT molecular complexity index is 832. The summed E-state index contributed by atoms with van der Waals surface area (Å²) < 4.78 is 0. The third-order valence-electron chi connectivity index (χ3n) is 3.72. The Labute approximate surface area is 117 Å². The Kier molecular flexibility index (Phi) is 2.49. The molecular weight excluding hydrogens is 242 g/mol. The molecule has 4 aromatic rings. The first-order valence-corrected chi connectivity index (χ1v) is 6.73. The highest BCUT2D eigenvalue weighted by Gasteiger charge is 2.01. The second-order valence-electron chi connectivity index (χ2n) is 5.00. The van der Waals surface area contributed by atoms with Gasteiger partial charge in [0.25, 0.3) is 0 Å². The van der Waals surface area contributed by atoms with Crippen LogP contribution >= 0.6 is 0 Å². The lowest BCUT2D eigenvalue weighted by molar-refractivity contribution is 1.36. The second kappa shape index (κ2) is 4.46. The molecule has 0 bridgehead atoms. The molecule has 0 saturated heterocycles. The highest BCUT2D eigenvalue weighted by molar-refractivity contribution is 5.90. The summed E-state index contributed by atoms with van der Waals surface area (Å²) >= 11 is 0. The van der Waals surface area contributed by atoms with Crippen molar-refractivity contribution in [2.75, 3.05) is 0 Å². The Hall–Kier alpha value is -2.67. The van der Waals surface area contributed by atoms with E-state index >= 15 is 0 Å². The average Bonchev–Trinajstić information content (AvgIpc) is 2.54. The van der Waals surface area contributed by atoms with E-state index in [0.717, 1.165) is 0 Å². The van der Waals surface area contributed by atoms with Crippen molar-refractivity contribution in [1.82, 2.24) is 4.98 Å². The van der Waals surface area contributed by atoms with E-state index in [1.165, 1.54) is 32.7 Å². The van der Waals surface area contributed by atoms with Crippen LogP contribution in [-0.4, -0.2) is 4.98 Å². The molecule has 20 heavy (non-hydrogen) atoms. The number of benzene rings is 3. The second-order valence-corrected chi connectivity index (χ2v) is 5.00. The van der Waals surface area contributed by atoms with Gasteiger partial charge >= 0.3 is 0 Å². The quantitative estimate of drug-likeness (QED) is 0.463. The van der Waals surface area contributed by atoms with E-state index in [-0.39, 0.29) is 0 Å². The standard InChI is InChI=1S/C19H13N/c1-2-4-16-11-17(7-5-14(16)3-1)18-8-6-15-9-10-20-13-19(15)12-18/h1-13H. The first kappa shape index (κ1) is 11.2. The molecule has 1 heterocycles. The van der Waals surface area contributed by atoms with E-state index in [0.29, 0.717) is 0 Å². The van der Waals surface area contributed by atoms with Crippen LogP contribution < -0.4 is 0 Å². The van der Waals surface area contributed by atoms with E-state index in [2.05, 4.69) is 65.6 Å². The number of hydrogen-bond acceptors (Lipinski definition) is 1. The fourth-order valence-corrected chi connectivity index (χ4v) is 2.63. The molecule has 4 rings (SSSR count). The van der Waals surface area contributed by atoms with Crippen LogP contribution in [0.4, 0.5) is 0 Å². The van der Waals surface area contributed by atoms with Crippen LogP contribution in [0.2, 0.25) is 0 Å². The average molecular weight is 255 g/mol. The summed E-state index contributed by atoms with van der Waals surface area (Å²) in [5.74, 6) is 0.